The summed E-state index contributed by atoms with van der Waals surface area (Å²) in [6.45, 7) is 5.54. The molecule has 10 heteroatoms. The number of morpholine rings is 1. The van der Waals surface area contributed by atoms with Gasteiger partial charge >= 0.3 is 6.18 Å². The smallest absolute Gasteiger partial charge is 0.370 e. The molecule has 1 aromatic carbocycles. The maximum atomic E-state index is 13.8. The molecule has 0 aromatic heterocycles. The maximum Gasteiger partial charge on any atom is 0.418 e. The van der Waals surface area contributed by atoms with Gasteiger partial charge in [-0.25, -0.2) is 0 Å². The number of hydrogen-bond acceptors (Lipinski definition) is 5. The molecule has 1 aliphatic heterocycles. The molecule has 1 aliphatic carbocycles. The van der Waals surface area contributed by atoms with E-state index in [-0.39, 0.29) is 37.7 Å². The van der Waals surface area contributed by atoms with Crippen LogP contribution in [0.1, 0.15) is 38.7 Å². The summed E-state index contributed by atoms with van der Waals surface area (Å²) in [4.78, 5) is 28.3. The zero-order valence-electron chi connectivity index (χ0n) is 19.2. The Hall–Kier alpha value is -2.17. The van der Waals surface area contributed by atoms with Gasteiger partial charge in [0.2, 0.25) is 5.91 Å². The lowest BCUT2D eigenvalue weighted by molar-refractivity contribution is -0.137. The summed E-state index contributed by atoms with van der Waals surface area (Å²) in [7, 11) is 0. The van der Waals surface area contributed by atoms with Gasteiger partial charge in [0.05, 0.1) is 17.9 Å². The van der Waals surface area contributed by atoms with Crippen molar-refractivity contribution >= 4 is 23.2 Å². The van der Waals surface area contributed by atoms with E-state index < -0.39 is 29.6 Å². The third-order valence-electron chi connectivity index (χ3n) is 6.13. The van der Waals surface area contributed by atoms with Crippen molar-refractivity contribution in [3.8, 4) is 0 Å². The van der Waals surface area contributed by atoms with Gasteiger partial charge < -0.3 is 20.7 Å². The van der Waals surface area contributed by atoms with Crippen LogP contribution >= 0.6 is 0 Å². The number of nitrogens with zero attached hydrogens (tertiary/aromatic N) is 2. The summed E-state index contributed by atoms with van der Waals surface area (Å²) in [5, 5.41) is 2.62. The molecule has 184 valence electrons. The monoisotopic (exact) mass is 470 g/mol. The van der Waals surface area contributed by atoms with E-state index in [1.165, 1.54) is 18.6 Å². The molecule has 1 saturated carbocycles. The lowest BCUT2D eigenvalue weighted by Gasteiger charge is -2.37. The van der Waals surface area contributed by atoms with E-state index in [1.54, 1.807) is 0 Å². The first-order valence-corrected chi connectivity index (χ1v) is 11.4. The molecule has 2 amide bonds. The molecule has 0 radical (unpaired) electrons. The molecule has 0 bridgehead atoms. The van der Waals surface area contributed by atoms with Gasteiger partial charge in [0, 0.05) is 31.9 Å². The first-order valence-electron chi connectivity index (χ1n) is 11.4. The summed E-state index contributed by atoms with van der Waals surface area (Å²) >= 11 is 0. The molecule has 2 fully saturated rings. The normalized spacial score (nSPS) is 18.5. The SMILES string of the molecule is CC(C)CN(CC1CCC1)[C@@H](CN)C(=O)Nc1ccc(N2CCOCC2=O)c(C(F)(F)F)c1. The zero-order chi connectivity index (χ0) is 24.2. The second-order valence-electron chi connectivity index (χ2n) is 9.21. The van der Waals surface area contributed by atoms with Gasteiger partial charge in [-0.15, -0.1) is 0 Å². The van der Waals surface area contributed by atoms with Crippen molar-refractivity contribution in [1.29, 1.82) is 0 Å². The van der Waals surface area contributed by atoms with E-state index in [9.17, 15) is 22.8 Å². The number of amides is 2. The molecule has 1 heterocycles. The maximum absolute atomic E-state index is 13.8. The molecule has 3 N–H and O–H groups in total. The van der Waals surface area contributed by atoms with Crippen LogP contribution < -0.4 is 16.0 Å². The molecule has 1 atom stereocenters. The van der Waals surface area contributed by atoms with Crippen LogP contribution in [0.5, 0.6) is 0 Å². The van der Waals surface area contributed by atoms with E-state index in [2.05, 4.69) is 24.1 Å². The number of rotatable bonds is 9. The Morgan fingerprint density at radius 1 is 1.33 bits per heavy atom. The minimum Gasteiger partial charge on any atom is -0.370 e. The summed E-state index contributed by atoms with van der Waals surface area (Å²) in [6, 6.07) is 2.85. The number of nitrogens with two attached hydrogens (primary N) is 1. The second-order valence-corrected chi connectivity index (χ2v) is 9.21. The van der Waals surface area contributed by atoms with Crippen molar-refractivity contribution in [2.24, 2.45) is 17.6 Å². The van der Waals surface area contributed by atoms with Crippen LogP contribution in [0.3, 0.4) is 0 Å². The van der Waals surface area contributed by atoms with Crippen LogP contribution in [-0.4, -0.2) is 62.1 Å². The first kappa shape index (κ1) is 25.5. The highest BCUT2D eigenvalue weighted by molar-refractivity contribution is 5.98. The van der Waals surface area contributed by atoms with Gasteiger partial charge in [-0.2, -0.15) is 13.2 Å². The number of hydrogen-bond donors (Lipinski definition) is 2. The zero-order valence-corrected chi connectivity index (χ0v) is 19.2. The molecule has 7 nitrogen and oxygen atoms in total. The average Bonchev–Trinajstić information content (AvgIpc) is 2.70. The van der Waals surface area contributed by atoms with Gasteiger partial charge in [0.1, 0.15) is 12.6 Å². The largest absolute Gasteiger partial charge is 0.418 e. The molecule has 1 aromatic rings. The highest BCUT2D eigenvalue weighted by Crippen LogP contribution is 2.39. The van der Waals surface area contributed by atoms with Crippen molar-refractivity contribution in [3.05, 3.63) is 23.8 Å². The molecule has 1 saturated heterocycles. The predicted molar refractivity (Wildman–Crippen MR) is 120 cm³/mol. The minimum atomic E-state index is -4.70. The topological polar surface area (TPSA) is 87.9 Å². The fraction of sp³-hybridized carbons (Fsp3) is 0.652. The van der Waals surface area contributed by atoms with Gasteiger partial charge in [0.25, 0.3) is 5.91 Å². The Morgan fingerprint density at radius 2 is 2.06 bits per heavy atom. The number of nitrogens with one attached hydrogen (secondary N) is 1. The third kappa shape index (κ3) is 6.45. The van der Waals surface area contributed by atoms with Crippen molar-refractivity contribution in [3.63, 3.8) is 0 Å². The first-order chi connectivity index (χ1) is 15.6. The summed E-state index contributed by atoms with van der Waals surface area (Å²) in [5.74, 6) is -0.130. The Bertz CT molecular complexity index is 843. The lowest BCUT2D eigenvalue weighted by Crippen LogP contribution is -2.52. The Morgan fingerprint density at radius 3 is 2.61 bits per heavy atom. The van der Waals surface area contributed by atoms with Gasteiger partial charge in [0.15, 0.2) is 0 Å². The van der Waals surface area contributed by atoms with Gasteiger partial charge in [-0.1, -0.05) is 20.3 Å². The quantitative estimate of drug-likeness (QED) is 0.579. The predicted octanol–water partition coefficient (Wildman–Crippen LogP) is 3.09. The average molecular weight is 471 g/mol. The fourth-order valence-corrected chi connectivity index (χ4v) is 4.30. The Kier molecular flexibility index (Phi) is 8.36. The van der Waals surface area contributed by atoms with Gasteiger partial charge in [-0.05, 0) is 42.9 Å². The molecular weight excluding hydrogens is 437 g/mol. The summed E-state index contributed by atoms with van der Waals surface area (Å²) in [5.41, 5.74) is 4.74. The number of benzene rings is 1. The minimum absolute atomic E-state index is 0.0170. The van der Waals surface area contributed by atoms with E-state index in [1.807, 2.05) is 0 Å². The third-order valence-corrected chi connectivity index (χ3v) is 6.13. The fourth-order valence-electron chi connectivity index (χ4n) is 4.30. The highest BCUT2D eigenvalue weighted by atomic mass is 19.4. The second kappa shape index (κ2) is 10.8. The van der Waals surface area contributed by atoms with E-state index in [0.29, 0.717) is 18.4 Å². The Labute approximate surface area is 192 Å². The molecule has 33 heavy (non-hydrogen) atoms. The molecule has 0 spiro atoms. The van der Waals surface area contributed by atoms with Crippen LogP contribution in [0.2, 0.25) is 0 Å². The van der Waals surface area contributed by atoms with E-state index in [4.69, 9.17) is 10.5 Å². The number of ether oxygens (including phenoxy) is 1. The van der Waals surface area contributed by atoms with Crippen molar-refractivity contribution in [2.75, 3.05) is 49.6 Å². The van der Waals surface area contributed by atoms with Crippen LogP contribution in [0.15, 0.2) is 18.2 Å². The van der Waals surface area contributed by atoms with E-state index in [0.717, 1.165) is 30.4 Å². The van der Waals surface area contributed by atoms with Crippen LogP contribution in [0.25, 0.3) is 0 Å². The standard InChI is InChI=1S/C23H33F3N4O3/c1-15(2)12-29(13-16-4-3-5-16)20(11-27)22(32)28-17-6-7-19(18(10-17)23(24,25)26)30-8-9-33-14-21(30)31/h6-7,10,15-16,20H,3-5,8-9,11-14,27H2,1-2H3,(H,28,32)/t20-/m0/s1. The van der Waals surface area contributed by atoms with E-state index >= 15 is 0 Å². The highest BCUT2D eigenvalue weighted by Gasteiger charge is 2.37. The van der Waals surface area contributed by atoms with Gasteiger partial charge in [-0.3, -0.25) is 14.5 Å². The van der Waals surface area contributed by atoms with Crippen LogP contribution in [0, 0.1) is 11.8 Å². The number of carbonyl (C=O) groups excluding carboxylic acids is 2. The molecular formula is C23H33F3N4O3. The summed E-state index contributed by atoms with van der Waals surface area (Å²) < 4.78 is 46.5. The van der Waals surface area contributed by atoms with Crippen LogP contribution in [0.4, 0.5) is 24.5 Å². The molecule has 2 aliphatic rings. The Balaban J connectivity index is 1.81. The molecule has 0 unspecified atom stereocenters. The number of alkyl halides is 3. The van der Waals surface area contributed by atoms with Crippen molar-refractivity contribution in [2.45, 2.75) is 45.3 Å². The van der Waals surface area contributed by atoms with Crippen LogP contribution in [-0.2, 0) is 20.5 Å². The number of halogens is 3. The number of anilines is 2. The lowest BCUT2D eigenvalue weighted by atomic mass is 9.84. The number of carbonyl (C=O) groups is 2. The van der Waals surface area contributed by atoms with Crippen molar-refractivity contribution < 1.29 is 27.5 Å². The van der Waals surface area contributed by atoms with Crippen molar-refractivity contribution in [1.82, 2.24) is 4.90 Å². The summed E-state index contributed by atoms with van der Waals surface area (Å²) in [6.07, 6.45) is -1.29. The molecule has 3 rings (SSSR count).